The highest BCUT2D eigenvalue weighted by atomic mass is 79.9. The number of aryl methyl sites for hydroxylation is 3. The van der Waals surface area contributed by atoms with Crippen LogP contribution < -0.4 is 10.9 Å². The smallest absolute Gasteiger partial charge is 0.270 e. The summed E-state index contributed by atoms with van der Waals surface area (Å²) in [5.74, 6) is -0.417. The summed E-state index contributed by atoms with van der Waals surface area (Å²) in [6.45, 7) is 4.90. The summed E-state index contributed by atoms with van der Waals surface area (Å²) < 4.78 is 28.2. The molecular formula is C22H21BrN2O4S. The van der Waals surface area contributed by atoms with Crippen molar-refractivity contribution in [3.05, 3.63) is 86.2 Å². The third kappa shape index (κ3) is 4.55. The van der Waals surface area contributed by atoms with E-state index in [0.717, 1.165) is 10.0 Å². The zero-order valence-electron chi connectivity index (χ0n) is 16.8. The number of hydrogen-bond donors (Lipinski definition) is 1. The molecule has 0 aliphatic heterocycles. The summed E-state index contributed by atoms with van der Waals surface area (Å²) in [7, 11) is -4.04. The Morgan fingerprint density at radius 2 is 1.60 bits per heavy atom. The quantitative estimate of drug-likeness (QED) is 0.587. The molecule has 0 radical (unpaired) electrons. The van der Waals surface area contributed by atoms with Gasteiger partial charge in [0.2, 0.25) is 15.7 Å². The molecule has 1 aromatic heterocycles. The minimum Gasteiger partial charge on any atom is -0.325 e. The van der Waals surface area contributed by atoms with Gasteiger partial charge in [-0.3, -0.25) is 9.59 Å². The van der Waals surface area contributed by atoms with Crippen molar-refractivity contribution in [1.29, 1.82) is 0 Å². The molecule has 1 N–H and O–H groups in total. The van der Waals surface area contributed by atoms with E-state index < -0.39 is 21.3 Å². The van der Waals surface area contributed by atoms with Gasteiger partial charge in [-0.2, -0.15) is 0 Å². The Kier molecular flexibility index (Phi) is 6.28. The predicted molar refractivity (Wildman–Crippen MR) is 120 cm³/mol. The second kappa shape index (κ2) is 8.57. The first-order chi connectivity index (χ1) is 14.1. The highest BCUT2D eigenvalue weighted by molar-refractivity contribution is 9.10. The summed E-state index contributed by atoms with van der Waals surface area (Å²) in [5.41, 5.74) is 1.80. The Morgan fingerprint density at radius 1 is 1.00 bits per heavy atom. The van der Waals surface area contributed by atoms with Crippen LogP contribution >= 0.6 is 15.9 Å². The van der Waals surface area contributed by atoms with Crippen LogP contribution in [-0.4, -0.2) is 18.9 Å². The topological polar surface area (TPSA) is 85.2 Å². The number of carbonyl (C=O) groups excluding carboxylic acids is 1. The van der Waals surface area contributed by atoms with E-state index in [1.54, 1.807) is 44.2 Å². The Hall–Kier alpha value is -2.71. The van der Waals surface area contributed by atoms with E-state index in [0.29, 0.717) is 16.9 Å². The van der Waals surface area contributed by atoms with Crippen molar-refractivity contribution in [2.45, 2.75) is 37.1 Å². The van der Waals surface area contributed by atoms with Crippen LogP contribution in [0.2, 0.25) is 0 Å². The third-order valence-corrected chi connectivity index (χ3v) is 7.13. The Bertz CT molecular complexity index is 1260. The van der Waals surface area contributed by atoms with Gasteiger partial charge in [-0.05, 0) is 68.8 Å². The molecule has 1 amide bonds. The maximum Gasteiger partial charge on any atom is 0.270 e. The number of carbonyl (C=O) groups is 1. The zero-order valence-corrected chi connectivity index (χ0v) is 19.2. The molecule has 156 valence electrons. The molecule has 0 aliphatic carbocycles. The molecule has 0 bridgehead atoms. The van der Waals surface area contributed by atoms with E-state index in [4.69, 9.17) is 0 Å². The molecule has 3 aromatic rings. The molecule has 8 heteroatoms. The molecule has 0 fully saturated rings. The molecule has 0 saturated carbocycles. The predicted octanol–water partition coefficient (Wildman–Crippen LogP) is 4.01. The lowest BCUT2D eigenvalue weighted by Crippen LogP contribution is -2.33. The Morgan fingerprint density at radius 3 is 2.20 bits per heavy atom. The number of benzene rings is 2. The van der Waals surface area contributed by atoms with Gasteiger partial charge in [-0.15, -0.1) is 0 Å². The number of anilines is 1. The van der Waals surface area contributed by atoms with Gasteiger partial charge in [-0.1, -0.05) is 33.6 Å². The van der Waals surface area contributed by atoms with Gasteiger partial charge in [0.15, 0.2) is 0 Å². The molecule has 30 heavy (non-hydrogen) atoms. The van der Waals surface area contributed by atoms with Gasteiger partial charge in [0.25, 0.3) is 5.56 Å². The standard InChI is InChI=1S/C22H21BrN2O4S/c1-14-4-8-18(9-5-14)24-20(26)13-25-16(3)12-15(2)21(22(25)27)30(28,29)19-10-6-17(23)7-11-19/h4-12H,13H2,1-3H3,(H,24,26). The number of amides is 1. The van der Waals surface area contributed by atoms with Crippen LogP contribution in [0, 0.1) is 20.8 Å². The fourth-order valence-corrected chi connectivity index (χ4v) is 4.96. The fourth-order valence-electron chi connectivity index (χ4n) is 3.14. The number of aromatic nitrogens is 1. The fraction of sp³-hybridized carbons (Fsp3) is 0.182. The van der Waals surface area contributed by atoms with Crippen LogP contribution in [-0.2, 0) is 21.2 Å². The van der Waals surface area contributed by atoms with E-state index in [9.17, 15) is 18.0 Å². The lowest BCUT2D eigenvalue weighted by molar-refractivity contribution is -0.116. The van der Waals surface area contributed by atoms with Gasteiger partial charge in [0, 0.05) is 15.9 Å². The van der Waals surface area contributed by atoms with E-state index in [-0.39, 0.29) is 16.3 Å². The van der Waals surface area contributed by atoms with Gasteiger partial charge < -0.3 is 9.88 Å². The second-order valence-electron chi connectivity index (χ2n) is 7.06. The first kappa shape index (κ1) is 22.0. The minimum atomic E-state index is -4.04. The highest BCUT2D eigenvalue weighted by Crippen LogP contribution is 2.23. The summed E-state index contributed by atoms with van der Waals surface area (Å²) in [5, 5.41) is 2.73. The third-order valence-electron chi connectivity index (χ3n) is 4.68. The van der Waals surface area contributed by atoms with Crippen molar-refractivity contribution < 1.29 is 13.2 Å². The number of rotatable bonds is 5. The lowest BCUT2D eigenvalue weighted by atomic mass is 10.2. The van der Waals surface area contributed by atoms with Crippen molar-refractivity contribution in [3.8, 4) is 0 Å². The molecular weight excluding hydrogens is 468 g/mol. The first-order valence-corrected chi connectivity index (χ1v) is 11.5. The number of nitrogens with one attached hydrogen (secondary N) is 1. The van der Waals surface area contributed by atoms with Gasteiger partial charge in [0.05, 0.1) is 4.90 Å². The van der Waals surface area contributed by atoms with Crippen LogP contribution in [0.25, 0.3) is 0 Å². The number of hydrogen-bond acceptors (Lipinski definition) is 4. The average Bonchev–Trinajstić information content (AvgIpc) is 2.67. The maximum atomic E-state index is 13.1. The van der Waals surface area contributed by atoms with E-state index in [1.807, 2.05) is 19.1 Å². The Labute approximate surface area is 183 Å². The molecule has 1 heterocycles. The van der Waals surface area contributed by atoms with Crippen LogP contribution in [0.15, 0.2) is 73.7 Å². The van der Waals surface area contributed by atoms with E-state index in [1.165, 1.54) is 16.7 Å². The summed E-state index contributed by atoms with van der Waals surface area (Å²) in [6.07, 6.45) is 0. The molecule has 0 saturated heterocycles. The van der Waals surface area contributed by atoms with Crippen LogP contribution in [0.5, 0.6) is 0 Å². The van der Waals surface area contributed by atoms with Gasteiger partial charge >= 0.3 is 0 Å². The zero-order chi connectivity index (χ0) is 22.1. The van der Waals surface area contributed by atoms with Crippen LogP contribution in [0.4, 0.5) is 5.69 Å². The van der Waals surface area contributed by atoms with E-state index >= 15 is 0 Å². The molecule has 0 aliphatic rings. The molecule has 2 aromatic carbocycles. The number of halogens is 1. The summed E-state index contributed by atoms with van der Waals surface area (Å²) >= 11 is 3.27. The second-order valence-corrected chi connectivity index (χ2v) is 9.86. The minimum absolute atomic E-state index is 0.0189. The monoisotopic (exact) mass is 488 g/mol. The normalized spacial score (nSPS) is 11.3. The summed E-state index contributed by atoms with van der Waals surface area (Å²) in [4.78, 5) is 25.3. The summed E-state index contributed by atoms with van der Waals surface area (Å²) in [6, 6.07) is 14.9. The van der Waals surface area contributed by atoms with Crippen LogP contribution in [0.1, 0.15) is 16.8 Å². The SMILES string of the molecule is Cc1ccc(NC(=O)Cn2c(C)cc(C)c(S(=O)(=O)c3ccc(Br)cc3)c2=O)cc1. The molecule has 0 unspecified atom stereocenters. The van der Waals surface area contributed by atoms with Crippen molar-refractivity contribution in [2.24, 2.45) is 0 Å². The van der Waals surface area contributed by atoms with Crippen LogP contribution in [0.3, 0.4) is 0 Å². The molecule has 0 atom stereocenters. The van der Waals surface area contributed by atoms with Crippen molar-refractivity contribution in [2.75, 3.05) is 5.32 Å². The number of sulfone groups is 1. The van der Waals surface area contributed by atoms with Crippen molar-refractivity contribution in [3.63, 3.8) is 0 Å². The number of pyridine rings is 1. The van der Waals surface area contributed by atoms with Gasteiger partial charge in [0.1, 0.15) is 11.4 Å². The average molecular weight is 489 g/mol. The van der Waals surface area contributed by atoms with Crippen molar-refractivity contribution in [1.82, 2.24) is 4.57 Å². The molecule has 0 spiro atoms. The first-order valence-electron chi connectivity index (χ1n) is 9.18. The van der Waals surface area contributed by atoms with E-state index in [2.05, 4.69) is 21.2 Å². The van der Waals surface area contributed by atoms with Crippen molar-refractivity contribution >= 4 is 37.4 Å². The maximum absolute atomic E-state index is 13.1. The van der Waals surface area contributed by atoms with Gasteiger partial charge in [-0.25, -0.2) is 8.42 Å². The molecule has 6 nitrogen and oxygen atoms in total. The highest BCUT2D eigenvalue weighted by Gasteiger charge is 2.26. The molecule has 3 rings (SSSR count). The number of nitrogens with zero attached hydrogens (tertiary/aromatic N) is 1. The lowest BCUT2D eigenvalue weighted by Gasteiger charge is -2.15. The largest absolute Gasteiger partial charge is 0.325 e. The Balaban J connectivity index is 1.99.